The van der Waals surface area contributed by atoms with E-state index in [4.69, 9.17) is 9.47 Å². The van der Waals surface area contributed by atoms with E-state index in [1.54, 1.807) is 31.4 Å². The molecule has 3 aromatic rings. The monoisotopic (exact) mass is 486 g/mol. The molecule has 0 bridgehead atoms. The third kappa shape index (κ3) is 5.25. The van der Waals surface area contributed by atoms with Gasteiger partial charge < -0.3 is 19.5 Å². The number of amides is 1. The molecule has 1 aliphatic rings. The predicted octanol–water partition coefficient (Wildman–Crippen LogP) is 5.14. The lowest BCUT2D eigenvalue weighted by molar-refractivity contribution is -0.140. The molecule has 1 aliphatic heterocycles. The van der Waals surface area contributed by atoms with Crippen LogP contribution < -0.4 is 9.47 Å². The molecule has 1 saturated heterocycles. The number of pyridine rings is 1. The highest BCUT2D eigenvalue weighted by Gasteiger charge is 2.46. The Kier molecular flexibility index (Phi) is 7.68. The van der Waals surface area contributed by atoms with Crippen molar-refractivity contribution in [3.05, 3.63) is 95.3 Å². The molecule has 0 saturated carbocycles. The van der Waals surface area contributed by atoms with Gasteiger partial charge in [-0.3, -0.25) is 14.6 Å². The number of ketones is 1. The van der Waals surface area contributed by atoms with Gasteiger partial charge in [-0.2, -0.15) is 0 Å². The number of Topliss-reactive ketones (excluding diaryl/α,β-unsaturated/α-hetero) is 1. The second-order valence-electron chi connectivity index (χ2n) is 9.09. The fourth-order valence-electron chi connectivity index (χ4n) is 4.21. The molecule has 36 heavy (non-hydrogen) atoms. The van der Waals surface area contributed by atoms with E-state index >= 15 is 0 Å². The molecule has 1 atom stereocenters. The first-order chi connectivity index (χ1) is 17.4. The van der Waals surface area contributed by atoms with Crippen LogP contribution in [-0.2, 0) is 16.1 Å². The number of benzene rings is 2. The molecule has 1 aromatic heterocycles. The minimum Gasteiger partial charge on any atom is -0.507 e. The average Bonchev–Trinajstić information content (AvgIpc) is 3.14. The first-order valence-corrected chi connectivity index (χ1v) is 11.9. The zero-order valence-electron chi connectivity index (χ0n) is 20.7. The molecule has 4 rings (SSSR count). The standard InChI is InChI=1S/C29H30N2O5/c1-19(2)13-16-36-23-10-9-22(17-24(23)35-3)26-25(27(32)21-11-14-30-15-12-21)28(33)29(34)31(26)18-20-7-5-4-6-8-20/h4-12,14-15,17,19,26,32H,13,16,18H2,1-3H3. The number of ether oxygens (including phenoxy) is 2. The smallest absolute Gasteiger partial charge is 0.295 e. The summed E-state index contributed by atoms with van der Waals surface area (Å²) in [5.41, 5.74) is 1.94. The maximum atomic E-state index is 13.3. The van der Waals surface area contributed by atoms with Crippen LogP contribution in [0.3, 0.4) is 0 Å². The largest absolute Gasteiger partial charge is 0.507 e. The van der Waals surface area contributed by atoms with Crippen LogP contribution in [-0.4, -0.2) is 40.4 Å². The van der Waals surface area contributed by atoms with Crippen LogP contribution in [0.5, 0.6) is 11.5 Å². The summed E-state index contributed by atoms with van der Waals surface area (Å²) in [6.45, 7) is 5.00. The van der Waals surface area contributed by atoms with Crippen LogP contribution in [0, 0.1) is 5.92 Å². The van der Waals surface area contributed by atoms with E-state index in [1.165, 1.54) is 17.3 Å². The molecular formula is C29H30N2O5. The van der Waals surface area contributed by atoms with E-state index in [2.05, 4.69) is 18.8 Å². The minimum absolute atomic E-state index is 0.0256. The van der Waals surface area contributed by atoms with E-state index < -0.39 is 17.7 Å². The Bertz CT molecular complexity index is 1260. The number of carbonyl (C=O) groups excluding carboxylic acids is 2. The molecule has 7 nitrogen and oxygen atoms in total. The molecule has 1 N–H and O–H groups in total. The Hall–Kier alpha value is -4.13. The van der Waals surface area contributed by atoms with Gasteiger partial charge in [0.25, 0.3) is 11.7 Å². The van der Waals surface area contributed by atoms with Crippen molar-refractivity contribution in [2.75, 3.05) is 13.7 Å². The maximum absolute atomic E-state index is 13.3. The number of aliphatic hydroxyl groups is 1. The Balaban J connectivity index is 1.79. The van der Waals surface area contributed by atoms with Crippen molar-refractivity contribution in [3.63, 3.8) is 0 Å². The Morgan fingerprint density at radius 3 is 2.42 bits per heavy atom. The highest BCUT2D eigenvalue weighted by molar-refractivity contribution is 6.46. The third-order valence-corrected chi connectivity index (χ3v) is 6.15. The number of hydrogen-bond acceptors (Lipinski definition) is 6. The molecule has 2 heterocycles. The first-order valence-electron chi connectivity index (χ1n) is 11.9. The van der Waals surface area contributed by atoms with E-state index in [0.29, 0.717) is 35.2 Å². The van der Waals surface area contributed by atoms with Crippen LogP contribution in [0.2, 0.25) is 0 Å². The fourth-order valence-corrected chi connectivity index (χ4v) is 4.21. The van der Waals surface area contributed by atoms with Gasteiger partial charge in [0.1, 0.15) is 5.76 Å². The first kappa shape index (κ1) is 25.0. The van der Waals surface area contributed by atoms with Gasteiger partial charge in [0.15, 0.2) is 11.5 Å². The van der Waals surface area contributed by atoms with Gasteiger partial charge in [0.05, 0.1) is 25.3 Å². The van der Waals surface area contributed by atoms with Crippen LogP contribution >= 0.6 is 0 Å². The van der Waals surface area contributed by atoms with Crippen molar-refractivity contribution in [2.45, 2.75) is 32.9 Å². The SMILES string of the molecule is COc1cc(C2C(=C(O)c3ccncc3)C(=O)C(=O)N2Cc2ccccc2)ccc1OCCC(C)C. The molecule has 186 valence electrons. The summed E-state index contributed by atoms with van der Waals surface area (Å²) < 4.78 is 11.5. The number of aromatic nitrogens is 1. The fraction of sp³-hybridized carbons (Fsp3) is 0.276. The highest BCUT2D eigenvalue weighted by Crippen LogP contribution is 2.42. The number of rotatable bonds is 9. The van der Waals surface area contributed by atoms with Crippen LogP contribution in [0.1, 0.15) is 43.0 Å². The number of methoxy groups -OCH3 is 1. The van der Waals surface area contributed by atoms with Gasteiger partial charge in [-0.15, -0.1) is 0 Å². The number of nitrogens with zero attached hydrogens (tertiary/aromatic N) is 2. The molecule has 0 radical (unpaired) electrons. The van der Waals surface area contributed by atoms with Gasteiger partial charge in [0.2, 0.25) is 0 Å². The zero-order chi connectivity index (χ0) is 25.7. The summed E-state index contributed by atoms with van der Waals surface area (Å²) >= 11 is 0. The lowest BCUT2D eigenvalue weighted by atomic mass is 9.95. The van der Waals surface area contributed by atoms with Crippen LogP contribution in [0.4, 0.5) is 0 Å². The number of likely N-dealkylation sites (tertiary alicyclic amines) is 1. The summed E-state index contributed by atoms with van der Waals surface area (Å²) in [4.78, 5) is 31.9. The van der Waals surface area contributed by atoms with E-state index in [0.717, 1.165) is 12.0 Å². The maximum Gasteiger partial charge on any atom is 0.295 e. The second kappa shape index (κ2) is 11.1. The zero-order valence-corrected chi connectivity index (χ0v) is 20.7. The van der Waals surface area contributed by atoms with Crippen LogP contribution in [0.25, 0.3) is 5.76 Å². The molecular weight excluding hydrogens is 456 g/mol. The van der Waals surface area contributed by atoms with E-state index in [-0.39, 0.29) is 17.9 Å². The average molecular weight is 487 g/mol. The molecule has 0 aliphatic carbocycles. The topological polar surface area (TPSA) is 89.0 Å². The normalized spacial score (nSPS) is 17.0. The highest BCUT2D eigenvalue weighted by atomic mass is 16.5. The second-order valence-corrected chi connectivity index (χ2v) is 9.09. The molecule has 0 spiro atoms. The van der Waals surface area contributed by atoms with Gasteiger partial charge in [-0.25, -0.2) is 0 Å². The Labute approximate surface area is 211 Å². The summed E-state index contributed by atoms with van der Waals surface area (Å²) in [6, 6.07) is 17.2. The lowest BCUT2D eigenvalue weighted by Gasteiger charge is -2.26. The van der Waals surface area contributed by atoms with E-state index in [9.17, 15) is 14.7 Å². The number of hydrogen-bond donors (Lipinski definition) is 1. The van der Waals surface area contributed by atoms with Crippen LogP contribution in [0.15, 0.2) is 78.6 Å². The van der Waals surface area contributed by atoms with Gasteiger partial charge in [0, 0.05) is 24.5 Å². The Morgan fingerprint density at radius 1 is 1.03 bits per heavy atom. The van der Waals surface area contributed by atoms with Crippen molar-refractivity contribution in [1.29, 1.82) is 0 Å². The van der Waals surface area contributed by atoms with Crippen molar-refractivity contribution in [2.24, 2.45) is 5.92 Å². The molecule has 1 fully saturated rings. The van der Waals surface area contributed by atoms with Crippen molar-refractivity contribution in [1.82, 2.24) is 9.88 Å². The Morgan fingerprint density at radius 2 is 1.75 bits per heavy atom. The third-order valence-electron chi connectivity index (χ3n) is 6.15. The summed E-state index contributed by atoms with van der Waals surface area (Å²) in [7, 11) is 1.55. The van der Waals surface area contributed by atoms with Crippen molar-refractivity contribution in [3.8, 4) is 11.5 Å². The quantitative estimate of drug-likeness (QED) is 0.256. The van der Waals surface area contributed by atoms with Crippen molar-refractivity contribution < 1.29 is 24.2 Å². The molecule has 2 aromatic carbocycles. The molecule has 1 amide bonds. The molecule has 1 unspecified atom stereocenters. The lowest BCUT2D eigenvalue weighted by Crippen LogP contribution is -2.29. The number of aliphatic hydroxyl groups excluding tert-OH is 1. The predicted molar refractivity (Wildman–Crippen MR) is 136 cm³/mol. The van der Waals surface area contributed by atoms with Crippen molar-refractivity contribution >= 4 is 17.4 Å². The summed E-state index contributed by atoms with van der Waals surface area (Å²) in [6.07, 6.45) is 3.95. The number of carbonyl (C=O) groups is 2. The molecule has 7 heteroatoms. The minimum atomic E-state index is -0.808. The van der Waals surface area contributed by atoms with E-state index in [1.807, 2.05) is 36.4 Å². The van der Waals surface area contributed by atoms with Gasteiger partial charge >= 0.3 is 0 Å². The summed E-state index contributed by atoms with van der Waals surface area (Å²) in [5, 5.41) is 11.2. The summed E-state index contributed by atoms with van der Waals surface area (Å²) in [5.74, 6) is -0.0765. The van der Waals surface area contributed by atoms with Gasteiger partial charge in [-0.1, -0.05) is 50.2 Å². The van der Waals surface area contributed by atoms with Gasteiger partial charge in [-0.05, 0) is 47.7 Å².